The SMILES string of the molecule is O=C(Nc1ccc2[nH]ccc2c1)C1(C(F)(F)F)CCNC1. The fourth-order valence-corrected chi connectivity index (χ4v) is 2.64. The minimum atomic E-state index is -4.57. The first-order valence-corrected chi connectivity index (χ1v) is 6.58. The second-order valence-electron chi connectivity index (χ2n) is 5.24. The number of nitrogens with one attached hydrogen (secondary N) is 3. The second-order valence-corrected chi connectivity index (χ2v) is 5.24. The first kappa shape index (κ1) is 13.9. The highest BCUT2D eigenvalue weighted by atomic mass is 19.4. The Morgan fingerprint density at radius 3 is 2.76 bits per heavy atom. The van der Waals surface area contributed by atoms with Crippen LogP contribution in [0.3, 0.4) is 0 Å². The highest BCUT2D eigenvalue weighted by molar-refractivity contribution is 5.98. The molecule has 112 valence electrons. The molecule has 1 aliphatic heterocycles. The maximum atomic E-state index is 13.3. The molecule has 1 fully saturated rings. The van der Waals surface area contributed by atoms with Crippen molar-refractivity contribution in [1.29, 1.82) is 0 Å². The summed E-state index contributed by atoms with van der Waals surface area (Å²) in [5.74, 6) is -1.00. The Morgan fingerprint density at radius 2 is 2.10 bits per heavy atom. The van der Waals surface area contributed by atoms with E-state index < -0.39 is 17.5 Å². The Labute approximate surface area is 118 Å². The molecule has 0 spiro atoms. The van der Waals surface area contributed by atoms with Crippen molar-refractivity contribution in [1.82, 2.24) is 10.3 Å². The van der Waals surface area contributed by atoms with E-state index in [0.29, 0.717) is 5.69 Å². The number of fused-ring (bicyclic) bond motifs is 1. The smallest absolute Gasteiger partial charge is 0.361 e. The van der Waals surface area contributed by atoms with E-state index in [0.717, 1.165) is 10.9 Å². The number of carbonyl (C=O) groups is 1. The number of amides is 1. The molecular weight excluding hydrogens is 283 g/mol. The van der Waals surface area contributed by atoms with Crippen LogP contribution in [0, 0.1) is 5.41 Å². The summed E-state index contributed by atoms with van der Waals surface area (Å²) in [7, 11) is 0. The summed E-state index contributed by atoms with van der Waals surface area (Å²) in [4.78, 5) is 15.2. The van der Waals surface area contributed by atoms with E-state index in [1.807, 2.05) is 0 Å². The van der Waals surface area contributed by atoms with Crippen LogP contribution in [0.4, 0.5) is 18.9 Å². The van der Waals surface area contributed by atoms with Gasteiger partial charge in [0.1, 0.15) is 0 Å². The zero-order valence-corrected chi connectivity index (χ0v) is 11.1. The van der Waals surface area contributed by atoms with Gasteiger partial charge in [-0.3, -0.25) is 4.79 Å². The number of H-pyrrole nitrogens is 1. The van der Waals surface area contributed by atoms with E-state index in [-0.39, 0.29) is 19.5 Å². The van der Waals surface area contributed by atoms with Crippen LogP contribution in [0.5, 0.6) is 0 Å². The topological polar surface area (TPSA) is 56.9 Å². The van der Waals surface area contributed by atoms with E-state index in [9.17, 15) is 18.0 Å². The number of hydrogen-bond donors (Lipinski definition) is 3. The monoisotopic (exact) mass is 297 g/mol. The molecule has 0 aliphatic carbocycles. The number of hydrogen-bond acceptors (Lipinski definition) is 2. The zero-order valence-electron chi connectivity index (χ0n) is 11.1. The van der Waals surface area contributed by atoms with Crippen LogP contribution < -0.4 is 10.6 Å². The summed E-state index contributed by atoms with van der Waals surface area (Å²) in [6.07, 6.45) is -3.08. The van der Waals surface area contributed by atoms with Gasteiger partial charge in [-0.05, 0) is 37.2 Å². The van der Waals surface area contributed by atoms with Crippen LogP contribution in [0.15, 0.2) is 30.5 Å². The molecule has 3 N–H and O–H groups in total. The van der Waals surface area contributed by atoms with Crippen molar-refractivity contribution in [3.63, 3.8) is 0 Å². The largest absolute Gasteiger partial charge is 0.404 e. The van der Waals surface area contributed by atoms with Crippen molar-refractivity contribution in [2.24, 2.45) is 5.41 Å². The number of alkyl halides is 3. The predicted molar refractivity (Wildman–Crippen MR) is 72.9 cm³/mol. The summed E-state index contributed by atoms with van der Waals surface area (Å²) < 4.78 is 39.8. The highest BCUT2D eigenvalue weighted by Gasteiger charge is 2.61. The van der Waals surface area contributed by atoms with Crippen molar-refractivity contribution < 1.29 is 18.0 Å². The predicted octanol–water partition coefficient (Wildman–Crippen LogP) is 2.65. The summed E-state index contributed by atoms with van der Waals surface area (Å²) in [6, 6.07) is 6.75. The standard InChI is InChI=1S/C14H14F3N3O/c15-14(16,17)13(4-6-18-8-13)12(21)20-10-1-2-11-9(7-10)3-5-19-11/h1-3,5,7,18-19H,4,6,8H2,(H,20,21). The fourth-order valence-electron chi connectivity index (χ4n) is 2.64. The Hall–Kier alpha value is -2.02. The molecule has 7 heteroatoms. The lowest BCUT2D eigenvalue weighted by atomic mass is 9.85. The number of halogens is 3. The summed E-state index contributed by atoms with van der Waals surface area (Å²) >= 11 is 0. The van der Waals surface area contributed by atoms with Gasteiger partial charge in [0.15, 0.2) is 5.41 Å². The maximum absolute atomic E-state index is 13.3. The van der Waals surface area contributed by atoms with Crippen molar-refractivity contribution >= 4 is 22.5 Å². The Kier molecular flexibility index (Phi) is 3.16. The lowest BCUT2D eigenvalue weighted by Gasteiger charge is -2.29. The van der Waals surface area contributed by atoms with Crippen molar-refractivity contribution in [2.45, 2.75) is 12.6 Å². The molecule has 1 aliphatic rings. The van der Waals surface area contributed by atoms with Gasteiger partial charge in [-0.2, -0.15) is 13.2 Å². The third-order valence-electron chi connectivity index (χ3n) is 3.94. The van der Waals surface area contributed by atoms with Crippen molar-refractivity contribution in [3.05, 3.63) is 30.5 Å². The van der Waals surface area contributed by atoms with Gasteiger partial charge in [0.2, 0.25) is 5.91 Å². The molecule has 1 aromatic heterocycles. The molecule has 4 nitrogen and oxygen atoms in total. The van der Waals surface area contributed by atoms with Gasteiger partial charge in [-0.1, -0.05) is 0 Å². The minimum absolute atomic E-state index is 0.184. The minimum Gasteiger partial charge on any atom is -0.361 e. The molecule has 21 heavy (non-hydrogen) atoms. The molecule has 0 radical (unpaired) electrons. The Balaban J connectivity index is 1.87. The number of anilines is 1. The molecule has 1 saturated heterocycles. The molecule has 1 unspecified atom stereocenters. The van der Waals surface area contributed by atoms with Crippen LogP contribution in [0.2, 0.25) is 0 Å². The van der Waals surface area contributed by atoms with Gasteiger partial charge < -0.3 is 15.6 Å². The molecular formula is C14H14F3N3O. The van der Waals surface area contributed by atoms with Crippen LogP contribution in [-0.4, -0.2) is 30.2 Å². The molecule has 2 aromatic rings. The first-order chi connectivity index (χ1) is 9.92. The van der Waals surface area contributed by atoms with Gasteiger partial charge in [0.05, 0.1) is 0 Å². The Bertz CT molecular complexity index is 671. The lowest BCUT2D eigenvalue weighted by molar-refractivity contribution is -0.213. The van der Waals surface area contributed by atoms with E-state index >= 15 is 0 Å². The van der Waals surface area contributed by atoms with Crippen LogP contribution >= 0.6 is 0 Å². The average Bonchev–Trinajstić information content (AvgIpc) is 3.07. The van der Waals surface area contributed by atoms with E-state index in [1.165, 1.54) is 0 Å². The average molecular weight is 297 g/mol. The number of benzene rings is 1. The highest BCUT2D eigenvalue weighted by Crippen LogP contribution is 2.43. The van der Waals surface area contributed by atoms with Gasteiger partial charge in [-0.15, -0.1) is 0 Å². The Morgan fingerprint density at radius 1 is 1.29 bits per heavy atom. The van der Waals surface area contributed by atoms with Crippen molar-refractivity contribution in [3.8, 4) is 0 Å². The van der Waals surface area contributed by atoms with E-state index in [1.54, 1.807) is 30.5 Å². The van der Waals surface area contributed by atoms with E-state index in [4.69, 9.17) is 0 Å². The van der Waals surface area contributed by atoms with Crippen LogP contribution in [0.25, 0.3) is 10.9 Å². The molecule has 1 aromatic carbocycles. The second kappa shape index (κ2) is 4.77. The summed E-state index contributed by atoms with van der Waals surface area (Å²) in [5.41, 5.74) is -1.12. The molecule has 1 atom stereocenters. The quantitative estimate of drug-likeness (QED) is 0.798. The van der Waals surface area contributed by atoms with Crippen LogP contribution in [-0.2, 0) is 4.79 Å². The van der Waals surface area contributed by atoms with Gasteiger partial charge in [-0.25, -0.2) is 0 Å². The maximum Gasteiger partial charge on any atom is 0.404 e. The van der Waals surface area contributed by atoms with Gasteiger partial charge >= 0.3 is 6.18 Å². The third kappa shape index (κ3) is 2.27. The number of aromatic amines is 1. The lowest BCUT2D eigenvalue weighted by Crippen LogP contribution is -2.49. The number of aromatic nitrogens is 1. The molecule has 1 amide bonds. The molecule has 3 rings (SSSR count). The number of rotatable bonds is 2. The van der Waals surface area contributed by atoms with Crippen molar-refractivity contribution in [2.75, 3.05) is 18.4 Å². The van der Waals surface area contributed by atoms with Crippen LogP contribution in [0.1, 0.15) is 6.42 Å². The normalized spacial score (nSPS) is 22.6. The summed E-state index contributed by atoms with van der Waals surface area (Å²) in [6.45, 7) is -0.196. The summed E-state index contributed by atoms with van der Waals surface area (Å²) in [5, 5.41) is 5.86. The molecule has 0 saturated carbocycles. The van der Waals surface area contributed by atoms with Gasteiger partial charge in [0.25, 0.3) is 0 Å². The zero-order chi connectivity index (χ0) is 15.1. The fraction of sp³-hybridized carbons (Fsp3) is 0.357. The van der Waals surface area contributed by atoms with E-state index in [2.05, 4.69) is 15.6 Å². The third-order valence-corrected chi connectivity index (χ3v) is 3.94. The molecule has 2 heterocycles. The van der Waals surface area contributed by atoms with Gasteiger partial charge in [0, 0.05) is 29.3 Å². The first-order valence-electron chi connectivity index (χ1n) is 6.58. The molecule has 0 bridgehead atoms. The number of carbonyl (C=O) groups excluding carboxylic acids is 1.